The molecule has 0 saturated carbocycles. The molecule has 0 fully saturated rings. The molecule has 0 amide bonds. The molecule has 2 aromatic heterocycles. The average Bonchev–Trinajstić information content (AvgIpc) is 2.38. The highest BCUT2D eigenvalue weighted by Crippen LogP contribution is 2.23. The van der Waals surface area contributed by atoms with E-state index in [0.717, 1.165) is 0 Å². The third-order valence-corrected chi connectivity index (χ3v) is 3.20. The van der Waals surface area contributed by atoms with Crippen molar-refractivity contribution >= 4 is 17.6 Å². The lowest BCUT2D eigenvalue weighted by molar-refractivity contribution is 0.0690. The van der Waals surface area contributed by atoms with Crippen molar-refractivity contribution in [2.24, 2.45) is 0 Å². The first-order chi connectivity index (χ1) is 9.32. The van der Waals surface area contributed by atoms with E-state index in [1.165, 1.54) is 22.9 Å². The van der Waals surface area contributed by atoms with Gasteiger partial charge in [-0.1, -0.05) is 11.6 Å². The van der Waals surface area contributed by atoms with E-state index in [1.54, 1.807) is 13.8 Å². The topological polar surface area (TPSA) is 92.4 Å². The van der Waals surface area contributed by atoms with Crippen molar-refractivity contribution in [3.63, 3.8) is 0 Å². The van der Waals surface area contributed by atoms with Gasteiger partial charge in [0.05, 0.1) is 5.69 Å². The summed E-state index contributed by atoms with van der Waals surface area (Å²) in [7, 11) is 0. The number of rotatable bonds is 2. The summed E-state index contributed by atoms with van der Waals surface area (Å²) in [6.07, 6.45) is 1.37. The quantitative estimate of drug-likeness (QED) is 0.882. The number of carboxylic acid groups (broad SMARTS) is 1. The minimum absolute atomic E-state index is 0.180. The Hall–Kier alpha value is -2.34. The van der Waals surface area contributed by atoms with Gasteiger partial charge in [0.1, 0.15) is 16.5 Å². The number of carboxylic acids is 1. The van der Waals surface area contributed by atoms with Crippen LogP contribution in [0.2, 0.25) is 5.02 Å². The van der Waals surface area contributed by atoms with Gasteiger partial charge in [-0.05, 0) is 25.5 Å². The molecule has 0 atom stereocenters. The van der Waals surface area contributed by atoms with E-state index in [-0.39, 0.29) is 16.5 Å². The molecule has 0 aliphatic rings. The summed E-state index contributed by atoms with van der Waals surface area (Å²) in [5.41, 5.74) is 0.613. The first kappa shape index (κ1) is 14.1. The van der Waals surface area contributed by atoms with Crippen LogP contribution in [-0.2, 0) is 0 Å². The van der Waals surface area contributed by atoms with Gasteiger partial charge < -0.3 is 10.2 Å². The van der Waals surface area contributed by atoms with Crippen molar-refractivity contribution in [3.05, 3.63) is 50.7 Å². The maximum atomic E-state index is 12.1. The van der Waals surface area contributed by atoms with Crippen molar-refractivity contribution in [2.75, 3.05) is 0 Å². The Morgan fingerprint density at radius 3 is 2.60 bits per heavy atom. The van der Waals surface area contributed by atoms with Crippen molar-refractivity contribution in [2.45, 2.75) is 13.8 Å². The van der Waals surface area contributed by atoms with E-state index in [4.69, 9.17) is 16.7 Å². The summed E-state index contributed by atoms with van der Waals surface area (Å²) in [5, 5.41) is 18.2. The van der Waals surface area contributed by atoms with Crippen LogP contribution in [0.25, 0.3) is 5.69 Å². The molecule has 20 heavy (non-hydrogen) atoms. The standard InChI is InChI=1S/C13H11ClN2O4/c1-6-5-15-8(13(19)20)4-9(6)16-7(2)3-10(17)11(14)12(16)18/h3-5,17H,1-2H3,(H,19,20). The molecule has 2 heterocycles. The third kappa shape index (κ3) is 2.25. The van der Waals surface area contributed by atoms with Crippen LogP contribution in [-0.4, -0.2) is 25.7 Å². The molecule has 0 aliphatic heterocycles. The Labute approximate surface area is 118 Å². The monoisotopic (exact) mass is 294 g/mol. The van der Waals surface area contributed by atoms with Crippen LogP contribution < -0.4 is 5.56 Å². The van der Waals surface area contributed by atoms with Crippen LogP contribution in [0.15, 0.2) is 23.1 Å². The maximum Gasteiger partial charge on any atom is 0.354 e. The fraction of sp³-hybridized carbons (Fsp3) is 0.154. The second-order valence-electron chi connectivity index (χ2n) is 4.29. The Bertz CT molecular complexity index is 768. The van der Waals surface area contributed by atoms with Gasteiger partial charge in [0.2, 0.25) is 0 Å². The molecule has 0 spiro atoms. The molecule has 2 aromatic rings. The van der Waals surface area contributed by atoms with Crippen molar-refractivity contribution < 1.29 is 15.0 Å². The molecular weight excluding hydrogens is 284 g/mol. The van der Waals surface area contributed by atoms with Gasteiger partial charge in [-0.25, -0.2) is 9.78 Å². The number of pyridine rings is 2. The molecule has 0 saturated heterocycles. The van der Waals surface area contributed by atoms with E-state index in [9.17, 15) is 14.7 Å². The Kier molecular flexibility index (Phi) is 3.50. The van der Waals surface area contributed by atoms with Crippen LogP contribution in [0.4, 0.5) is 0 Å². The molecule has 7 heteroatoms. The number of carbonyl (C=O) groups is 1. The number of hydrogen-bond acceptors (Lipinski definition) is 4. The van der Waals surface area contributed by atoms with Crippen molar-refractivity contribution in [3.8, 4) is 11.4 Å². The molecule has 0 bridgehead atoms. The zero-order valence-corrected chi connectivity index (χ0v) is 11.5. The summed E-state index contributed by atoms with van der Waals surface area (Å²) in [6.45, 7) is 3.30. The third-order valence-electron chi connectivity index (χ3n) is 2.85. The van der Waals surface area contributed by atoms with Crippen LogP contribution in [0.1, 0.15) is 21.7 Å². The number of halogens is 1. The Morgan fingerprint density at radius 1 is 1.35 bits per heavy atom. The predicted octanol–water partition coefficient (Wildman–Crippen LogP) is 1.91. The van der Waals surface area contributed by atoms with E-state index in [2.05, 4.69) is 4.98 Å². The fourth-order valence-corrected chi connectivity index (χ4v) is 2.00. The largest absolute Gasteiger partial charge is 0.506 e. The molecule has 0 radical (unpaired) electrons. The fourth-order valence-electron chi connectivity index (χ4n) is 1.86. The molecular formula is C13H11ClN2O4. The van der Waals surface area contributed by atoms with Gasteiger partial charge in [-0.3, -0.25) is 9.36 Å². The second-order valence-corrected chi connectivity index (χ2v) is 4.66. The highest BCUT2D eigenvalue weighted by Gasteiger charge is 2.15. The zero-order valence-electron chi connectivity index (χ0n) is 10.7. The normalized spacial score (nSPS) is 10.6. The molecule has 0 unspecified atom stereocenters. The predicted molar refractivity (Wildman–Crippen MR) is 72.9 cm³/mol. The summed E-state index contributed by atoms with van der Waals surface area (Å²) in [5.74, 6) is -1.50. The van der Waals surface area contributed by atoms with E-state index in [0.29, 0.717) is 16.9 Å². The molecule has 2 N–H and O–H groups in total. The lowest BCUT2D eigenvalue weighted by atomic mass is 10.2. The summed E-state index contributed by atoms with van der Waals surface area (Å²) in [6, 6.07) is 2.63. The van der Waals surface area contributed by atoms with Gasteiger partial charge in [0.25, 0.3) is 5.56 Å². The minimum Gasteiger partial charge on any atom is -0.506 e. The molecule has 6 nitrogen and oxygen atoms in total. The van der Waals surface area contributed by atoms with Crippen LogP contribution in [0.3, 0.4) is 0 Å². The van der Waals surface area contributed by atoms with E-state index in [1.807, 2.05) is 0 Å². The number of nitrogens with zero attached hydrogens (tertiary/aromatic N) is 2. The molecule has 104 valence electrons. The van der Waals surface area contributed by atoms with E-state index < -0.39 is 11.5 Å². The second kappa shape index (κ2) is 4.97. The minimum atomic E-state index is -1.19. The highest BCUT2D eigenvalue weighted by atomic mass is 35.5. The summed E-state index contributed by atoms with van der Waals surface area (Å²) in [4.78, 5) is 26.9. The maximum absolute atomic E-state index is 12.1. The van der Waals surface area contributed by atoms with Crippen LogP contribution >= 0.6 is 11.6 Å². The van der Waals surface area contributed by atoms with E-state index >= 15 is 0 Å². The van der Waals surface area contributed by atoms with Crippen LogP contribution in [0, 0.1) is 13.8 Å². The van der Waals surface area contributed by atoms with Gasteiger partial charge in [0, 0.05) is 18.0 Å². The van der Waals surface area contributed by atoms with Gasteiger partial charge in [-0.2, -0.15) is 0 Å². The molecule has 0 aromatic carbocycles. The van der Waals surface area contributed by atoms with Crippen LogP contribution in [0.5, 0.6) is 5.75 Å². The lowest BCUT2D eigenvalue weighted by Crippen LogP contribution is -2.22. The summed E-state index contributed by atoms with van der Waals surface area (Å²) < 4.78 is 1.24. The Balaban J connectivity index is 2.81. The smallest absolute Gasteiger partial charge is 0.354 e. The summed E-state index contributed by atoms with van der Waals surface area (Å²) >= 11 is 5.74. The molecule has 0 aliphatic carbocycles. The highest BCUT2D eigenvalue weighted by molar-refractivity contribution is 6.31. The van der Waals surface area contributed by atoms with Gasteiger partial charge in [-0.15, -0.1) is 0 Å². The van der Waals surface area contributed by atoms with Crippen molar-refractivity contribution in [1.82, 2.24) is 9.55 Å². The van der Waals surface area contributed by atoms with Crippen molar-refractivity contribution in [1.29, 1.82) is 0 Å². The first-order valence-corrected chi connectivity index (χ1v) is 6.02. The SMILES string of the molecule is Cc1cnc(C(=O)O)cc1-n1c(C)cc(O)c(Cl)c1=O. The van der Waals surface area contributed by atoms with Gasteiger partial charge in [0.15, 0.2) is 0 Å². The Morgan fingerprint density at radius 2 is 2.00 bits per heavy atom. The number of aromatic hydroxyl groups is 1. The lowest BCUT2D eigenvalue weighted by Gasteiger charge is -2.14. The first-order valence-electron chi connectivity index (χ1n) is 5.64. The number of aromatic nitrogens is 2. The number of aryl methyl sites for hydroxylation is 2. The molecule has 2 rings (SSSR count). The van der Waals surface area contributed by atoms with Gasteiger partial charge >= 0.3 is 5.97 Å². The average molecular weight is 295 g/mol. The zero-order chi connectivity index (χ0) is 15.0. The number of aromatic carboxylic acids is 1. The number of hydrogen-bond donors (Lipinski definition) is 2.